The second-order valence-electron chi connectivity index (χ2n) is 28.3. The van der Waals surface area contributed by atoms with E-state index in [0.29, 0.717) is 25.2 Å². The molecule has 24 nitrogen and oxygen atoms in total. The monoisotopic (exact) mass is 1440 g/mol. The van der Waals surface area contributed by atoms with Gasteiger partial charge in [0.15, 0.2) is 18.7 Å². The van der Waals surface area contributed by atoms with Crippen molar-refractivity contribution in [2.45, 2.75) is 408 Å². The number of phosphoric acid groups is 1. The minimum atomic E-state index is -5.70. The van der Waals surface area contributed by atoms with Crippen molar-refractivity contribution >= 4 is 25.7 Å². The predicted octanol–water partition coefficient (Wildman–Crippen LogP) is 11.0. The van der Waals surface area contributed by atoms with Gasteiger partial charge < -0.3 is 89.1 Å². The van der Waals surface area contributed by atoms with E-state index in [-0.39, 0.29) is 19.3 Å². The van der Waals surface area contributed by atoms with E-state index in [1.807, 2.05) is 0 Å². The zero-order chi connectivity index (χ0) is 72.6. The Morgan fingerprint density at radius 1 is 0.414 bits per heavy atom. The second-order valence-corrected chi connectivity index (χ2v) is 29.8. The molecule has 1 saturated carbocycles. The average Bonchev–Trinajstić information content (AvgIpc) is 0.763. The second kappa shape index (κ2) is 55.2. The fourth-order valence-electron chi connectivity index (χ4n) is 13.0. The normalized spacial score (nSPS) is 27.8. The number of rotatable bonds is 60. The summed E-state index contributed by atoms with van der Waals surface area (Å²) in [5.74, 6) is -1.29. The molecule has 11 N–H and O–H groups in total. The van der Waals surface area contributed by atoms with Crippen molar-refractivity contribution in [3.8, 4) is 0 Å². The van der Waals surface area contributed by atoms with Gasteiger partial charge in [-0.1, -0.05) is 252 Å². The number of carbonyl (C=O) groups excluding carboxylic acids is 3. The van der Waals surface area contributed by atoms with E-state index in [1.54, 1.807) is 0 Å². The summed E-state index contributed by atoms with van der Waals surface area (Å²) in [5.41, 5.74) is 0. The zero-order valence-corrected chi connectivity index (χ0v) is 61.8. The number of aliphatic hydroxyl groups excluding tert-OH is 10. The van der Waals surface area contributed by atoms with Crippen molar-refractivity contribution in [2.75, 3.05) is 26.4 Å². The molecule has 0 spiro atoms. The molecule has 0 aromatic carbocycles. The van der Waals surface area contributed by atoms with Crippen LogP contribution in [0.1, 0.15) is 304 Å². The zero-order valence-electron chi connectivity index (χ0n) is 61.0. The van der Waals surface area contributed by atoms with E-state index in [0.717, 1.165) is 116 Å². The molecule has 582 valence electrons. The first-order valence-corrected chi connectivity index (χ1v) is 40.4. The third kappa shape index (κ3) is 38.5. The molecule has 2 aliphatic heterocycles. The third-order valence-corrected chi connectivity index (χ3v) is 20.4. The first-order valence-electron chi connectivity index (χ1n) is 38.9. The summed E-state index contributed by atoms with van der Waals surface area (Å²) in [4.78, 5) is 51.1. The number of phosphoric ester groups is 1. The topological polar surface area (TPSA) is 374 Å². The van der Waals surface area contributed by atoms with E-state index in [9.17, 15) is 74.9 Å². The quantitative estimate of drug-likeness (QED) is 0.00886. The van der Waals surface area contributed by atoms with Gasteiger partial charge in [-0.15, -0.1) is 0 Å². The Morgan fingerprint density at radius 3 is 1.20 bits per heavy atom. The summed E-state index contributed by atoms with van der Waals surface area (Å²) in [6, 6.07) is 0. The van der Waals surface area contributed by atoms with E-state index < -0.39 is 156 Å². The Hall–Kier alpha value is -2.30. The van der Waals surface area contributed by atoms with E-state index in [1.165, 1.54) is 122 Å². The van der Waals surface area contributed by atoms with Crippen LogP contribution in [0.5, 0.6) is 0 Å². The molecular weight excluding hydrogens is 1300 g/mol. The SMILES string of the molecule is CCCCCC/C=C\CCCCCCCCCC(=O)OCC1OC(OC2C(O)C(O)C(O)C(OC3OC(CO)C(O)C(O)C3O)C2OP(=O)(O)OCC(COC(=O)CCCCCCCCC(C)CCCCCCCC)OC(=O)CCCCCCCCCCCCCCC)C(O)C(O)C1O. The molecule has 3 aliphatic rings. The van der Waals surface area contributed by atoms with Crippen LogP contribution in [0, 0.1) is 5.92 Å². The molecule has 3 fully saturated rings. The smallest absolute Gasteiger partial charge is 0.463 e. The van der Waals surface area contributed by atoms with Gasteiger partial charge in [-0.3, -0.25) is 23.4 Å². The molecule has 25 heteroatoms. The lowest BCUT2D eigenvalue weighted by Crippen LogP contribution is -2.69. The molecule has 0 radical (unpaired) electrons. The minimum absolute atomic E-state index is 0.0244. The molecule has 2 heterocycles. The molecule has 0 bridgehead atoms. The van der Waals surface area contributed by atoms with Crippen molar-refractivity contribution < 1.29 is 117 Å². The van der Waals surface area contributed by atoms with Crippen LogP contribution in [0.25, 0.3) is 0 Å². The van der Waals surface area contributed by atoms with Crippen LogP contribution in [-0.2, 0) is 61.2 Å². The minimum Gasteiger partial charge on any atom is -0.463 e. The summed E-state index contributed by atoms with van der Waals surface area (Å²) in [6.07, 6.45) is 12.7. The fraction of sp³-hybridized carbons (Fsp3) is 0.932. The van der Waals surface area contributed by atoms with E-state index in [4.69, 9.17) is 42.2 Å². The Bertz CT molecular complexity index is 2110. The van der Waals surface area contributed by atoms with Gasteiger partial charge in [0.05, 0.1) is 13.2 Å². The van der Waals surface area contributed by atoms with Gasteiger partial charge in [-0.2, -0.15) is 0 Å². The molecule has 19 atom stereocenters. The van der Waals surface area contributed by atoms with E-state index >= 15 is 0 Å². The maximum absolute atomic E-state index is 14.4. The largest absolute Gasteiger partial charge is 0.472 e. The number of hydrogen-bond acceptors (Lipinski definition) is 23. The van der Waals surface area contributed by atoms with Crippen molar-refractivity contribution in [1.29, 1.82) is 0 Å². The summed E-state index contributed by atoms with van der Waals surface area (Å²) >= 11 is 0. The van der Waals surface area contributed by atoms with Crippen LogP contribution in [-0.4, -0.2) is 204 Å². The highest BCUT2D eigenvalue weighted by Crippen LogP contribution is 2.49. The van der Waals surface area contributed by atoms with Gasteiger partial charge in [0.25, 0.3) is 0 Å². The van der Waals surface area contributed by atoms with Crippen molar-refractivity contribution in [1.82, 2.24) is 0 Å². The highest BCUT2D eigenvalue weighted by molar-refractivity contribution is 7.47. The van der Waals surface area contributed by atoms with Crippen LogP contribution in [0.3, 0.4) is 0 Å². The summed E-state index contributed by atoms with van der Waals surface area (Å²) in [6.45, 7) is 5.77. The number of esters is 3. The lowest BCUT2D eigenvalue weighted by atomic mass is 9.84. The van der Waals surface area contributed by atoms with Gasteiger partial charge in [0.1, 0.15) is 98.7 Å². The Morgan fingerprint density at radius 2 is 0.768 bits per heavy atom. The summed E-state index contributed by atoms with van der Waals surface area (Å²) in [5, 5.41) is 110. The highest BCUT2D eigenvalue weighted by Gasteiger charge is 2.58. The van der Waals surface area contributed by atoms with Crippen LogP contribution < -0.4 is 0 Å². The Labute approximate surface area is 592 Å². The van der Waals surface area contributed by atoms with Gasteiger partial charge in [-0.25, -0.2) is 4.57 Å². The molecule has 3 rings (SSSR count). The first kappa shape index (κ1) is 90.9. The first-order chi connectivity index (χ1) is 47.7. The number of ether oxygens (including phenoxy) is 7. The number of hydrogen-bond donors (Lipinski definition) is 11. The van der Waals surface area contributed by atoms with Gasteiger partial charge >= 0.3 is 25.7 Å². The number of allylic oxidation sites excluding steroid dienone is 2. The third-order valence-electron chi connectivity index (χ3n) is 19.4. The van der Waals surface area contributed by atoms with Crippen LogP contribution in [0.2, 0.25) is 0 Å². The molecule has 19 unspecified atom stereocenters. The summed E-state index contributed by atoms with van der Waals surface area (Å²) in [7, 11) is -5.70. The lowest BCUT2D eigenvalue weighted by Gasteiger charge is -2.49. The molecule has 0 amide bonds. The van der Waals surface area contributed by atoms with E-state index in [2.05, 4.69) is 39.8 Å². The predicted molar refractivity (Wildman–Crippen MR) is 375 cm³/mol. The van der Waals surface area contributed by atoms with Gasteiger partial charge in [-0.05, 0) is 50.9 Å². The van der Waals surface area contributed by atoms with Crippen LogP contribution >= 0.6 is 7.82 Å². The molecule has 0 aromatic rings. The fourth-order valence-corrected chi connectivity index (χ4v) is 14.0. The lowest BCUT2D eigenvalue weighted by molar-refractivity contribution is -0.360. The summed E-state index contributed by atoms with van der Waals surface area (Å²) < 4.78 is 65.1. The Kier molecular flexibility index (Phi) is 50.7. The number of aliphatic hydroxyl groups is 10. The molecule has 2 saturated heterocycles. The van der Waals surface area contributed by atoms with Crippen LogP contribution in [0.4, 0.5) is 0 Å². The number of unbranched alkanes of at least 4 members (excludes halogenated alkanes) is 33. The van der Waals surface area contributed by atoms with Crippen LogP contribution in [0.15, 0.2) is 12.2 Å². The van der Waals surface area contributed by atoms with Crippen molar-refractivity contribution in [3.63, 3.8) is 0 Å². The maximum Gasteiger partial charge on any atom is 0.472 e. The van der Waals surface area contributed by atoms with Gasteiger partial charge in [0, 0.05) is 19.3 Å². The van der Waals surface area contributed by atoms with Crippen molar-refractivity contribution in [2.24, 2.45) is 5.92 Å². The molecule has 99 heavy (non-hydrogen) atoms. The van der Waals surface area contributed by atoms with Crippen molar-refractivity contribution in [3.05, 3.63) is 12.2 Å². The molecule has 1 aliphatic carbocycles. The standard InChI is InChI=1S/C74H137O24P/c1-5-8-11-14-17-19-21-23-24-26-27-29-31-37-43-48-59(77)91-53-57-62(80)64(82)69(87)74(95-57)97-71-67(85)65(83)66(84)70(96-73-68(86)63(81)61(79)56(50-75)94-73)72(71)98-99(88,89)92-52-55(93-60(78)49-44-39-32-30-28-25-22-20-18-15-12-9-6-2)51-90-58(76)47-42-38-34-33-36-41-46-54(4)45-40-35-16-13-10-7-3/h19,21,54-57,61-75,79-87H,5-18,20,22-53H2,1-4H3,(H,88,89)/b21-19-. The average molecular weight is 1440 g/mol. The highest BCUT2D eigenvalue weighted by atomic mass is 31.2. The number of carbonyl (C=O) groups is 3. The molecular formula is C74H137O24P. The molecule has 0 aromatic heterocycles. The van der Waals surface area contributed by atoms with Gasteiger partial charge in [0.2, 0.25) is 0 Å². The maximum atomic E-state index is 14.4. The Balaban J connectivity index is 1.73.